The average molecular weight is 440 g/mol. The van der Waals surface area contributed by atoms with Crippen molar-refractivity contribution in [2.75, 3.05) is 0 Å². The fraction of sp³-hybridized carbons (Fsp3) is 0.300. The molecule has 0 spiro atoms. The fourth-order valence-corrected chi connectivity index (χ4v) is 6.77. The second-order valence-electron chi connectivity index (χ2n) is 5.42. The van der Waals surface area contributed by atoms with Crippen molar-refractivity contribution < 1.29 is 4.21 Å². The summed E-state index contributed by atoms with van der Waals surface area (Å²) in [6.45, 7) is 2.24. The first-order valence-corrected chi connectivity index (χ1v) is 11.7. The summed E-state index contributed by atoms with van der Waals surface area (Å²) in [6, 6.07) is 20.4. The molecule has 1 nitrogen and oxygen atoms in total. The number of hydrogen-bond donors (Lipinski definition) is 0. The number of unbranched alkanes of at least 4 members (excludes halogenated alkanes) is 3. The SMILES string of the molecule is CCCCCC/C(=C/S(=O)c1ccccc1)[Te]c1ccccc1. The van der Waals surface area contributed by atoms with Crippen molar-refractivity contribution in [3.8, 4) is 0 Å². The van der Waals surface area contributed by atoms with E-state index in [9.17, 15) is 4.21 Å². The summed E-state index contributed by atoms with van der Waals surface area (Å²) in [7, 11) is -1.02. The van der Waals surface area contributed by atoms with E-state index in [-0.39, 0.29) is 0 Å². The molecule has 0 aliphatic carbocycles. The van der Waals surface area contributed by atoms with Gasteiger partial charge in [-0.25, -0.2) is 0 Å². The molecule has 0 radical (unpaired) electrons. The third-order valence-electron chi connectivity index (χ3n) is 3.48. The molecule has 3 heteroatoms. The van der Waals surface area contributed by atoms with Crippen molar-refractivity contribution in [2.24, 2.45) is 0 Å². The van der Waals surface area contributed by atoms with E-state index >= 15 is 0 Å². The maximum atomic E-state index is 12.6. The summed E-state index contributed by atoms with van der Waals surface area (Å²) in [5, 5.41) is 2.02. The van der Waals surface area contributed by atoms with E-state index in [1.54, 1.807) is 0 Å². The molecular formula is C20H24OSTe. The molecule has 2 aromatic carbocycles. The summed E-state index contributed by atoms with van der Waals surface area (Å²) in [5.41, 5.74) is 0. The Hall–Kier alpha value is -0.880. The van der Waals surface area contributed by atoms with Crippen LogP contribution in [-0.2, 0) is 10.8 Å². The molecule has 23 heavy (non-hydrogen) atoms. The molecule has 1 atom stereocenters. The third kappa shape index (κ3) is 7.04. The Morgan fingerprint density at radius 1 is 0.957 bits per heavy atom. The van der Waals surface area contributed by atoms with Crippen LogP contribution in [0.15, 0.2) is 74.6 Å². The van der Waals surface area contributed by atoms with E-state index in [1.165, 1.54) is 32.9 Å². The molecular weight excluding hydrogens is 416 g/mol. The standard InChI is InChI=1S/C20H24OSTe/c1-2-3-4-9-16-20(23-19-14-10-6-11-15-19)17-22(21)18-12-7-5-8-13-18/h5-8,10-15,17H,2-4,9,16H2,1H3/b20-17-. The molecule has 0 fully saturated rings. The zero-order valence-corrected chi connectivity index (χ0v) is 16.8. The fourth-order valence-electron chi connectivity index (χ4n) is 2.24. The van der Waals surface area contributed by atoms with Crippen LogP contribution in [0.1, 0.15) is 39.0 Å². The molecule has 0 N–H and O–H groups in total. The van der Waals surface area contributed by atoms with Crippen LogP contribution < -0.4 is 3.61 Å². The van der Waals surface area contributed by atoms with Gasteiger partial charge in [0.25, 0.3) is 0 Å². The summed E-state index contributed by atoms with van der Waals surface area (Å²) >= 11 is -0.421. The molecule has 122 valence electrons. The van der Waals surface area contributed by atoms with Crippen molar-refractivity contribution >= 4 is 35.3 Å². The van der Waals surface area contributed by atoms with Gasteiger partial charge in [0.05, 0.1) is 0 Å². The van der Waals surface area contributed by atoms with Crippen LogP contribution in [0.5, 0.6) is 0 Å². The molecule has 1 unspecified atom stereocenters. The molecule has 0 bridgehead atoms. The van der Waals surface area contributed by atoms with Crippen LogP contribution in [0.2, 0.25) is 0 Å². The quantitative estimate of drug-likeness (QED) is 0.411. The number of hydrogen-bond acceptors (Lipinski definition) is 1. The van der Waals surface area contributed by atoms with Gasteiger partial charge in [-0.2, -0.15) is 0 Å². The Morgan fingerprint density at radius 3 is 2.26 bits per heavy atom. The second-order valence-corrected chi connectivity index (χ2v) is 10.1. The normalized spacial score (nSPS) is 13.0. The number of rotatable bonds is 9. The first-order valence-electron chi connectivity index (χ1n) is 8.19. The molecule has 2 aromatic rings. The molecule has 0 saturated carbocycles. The summed E-state index contributed by atoms with van der Waals surface area (Å²) in [6.07, 6.45) is 6.12. The molecule has 0 amide bonds. The van der Waals surface area contributed by atoms with E-state index < -0.39 is 31.7 Å². The van der Waals surface area contributed by atoms with Crippen LogP contribution in [0.25, 0.3) is 0 Å². The van der Waals surface area contributed by atoms with Crippen LogP contribution >= 0.6 is 0 Å². The maximum absolute atomic E-state index is 12.6. The van der Waals surface area contributed by atoms with Crippen molar-refractivity contribution in [2.45, 2.75) is 43.9 Å². The van der Waals surface area contributed by atoms with Gasteiger partial charge in [-0.05, 0) is 0 Å². The van der Waals surface area contributed by atoms with Gasteiger partial charge in [0.2, 0.25) is 0 Å². The topological polar surface area (TPSA) is 17.1 Å². The average Bonchev–Trinajstić information content (AvgIpc) is 2.60. The Labute approximate surface area is 152 Å². The Morgan fingerprint density at radius 2 is 1.61 bits per heavy atom. The minimum absolute atomic E-state index is 0.421. The molecule has 0 heterocycles. The monoisotopic (exact) mass is 442 g/mol. The van der Waals surface area contributed by atoms with E-state index in [0.717, 1.165) is 11.3 Å². The van der Waals surface area contributed by atoms with Crippen molar-refractivity contribution in [3.63, 3.8) is 0 Å². The van der Waals surface area contributed by atoms with Gasteiger partial charge >= 0.3 is 153 Å². The van der Waals surface area contributed by atoms with E-state index in [2.05, 4.69) is 37.3 Å². The van der Waals surface area contributed by atoms with E-state index in [1.807, 2.05) is 35.7 Å². The van der Waals surface area contributed by atoms with Crippen molar-refractivity contribution in [1.29, 1.82) is 0 Å². The Kier molecular flexibility index (Phi) is 8.68. The first kappa shape index (κ1) is 18.5. The van der Waals surface area contributed by atoms with Gasteiger partial charge in [-0.3, -0.25) is 0 Å². The van der Waals surface area contributed by atoms with Crippen LogP contribution in [0.3, 0.4) is 0 Å². The van der Waals surface area contributed by atoms with E-state index in [0.29, 0.717) is 0 Å². The predicted octanol–water partition coefficient (Wildman–Crippen LogP) is 4.64. The van der Waals surface area contributed by atoms with Gasteiger partial charge < -0.3 is 0 Å². The number of benzene rings is 2. The summed E-state index contributed by atoms with van der Waals surface area (Å²) < 4.78 is 15.4. The summed E-state index contributed by atoms with van der Waals surface area (Å²) in [4.78, 5) is 0.902. The molecule has 0 aromatic heterocycles. The van der Waals surface area contributed by atoms with Gasteiger partial charge in [0, 0.05) is 0 Å². The molecule has 0 aliphatic heterocycles. The van der Waals surface area contributed by atoms with Crippen LogP contribution in [-0.4, -0.2) is 25.1 Å². The Balaban J connectivity index is 2.08. The molecule has 0 aliphatic rings. The first-order chi connectivity index (χ1) is 11.3. The van der Waals surface area contributed by atoms with Gasteiger partial charge in [0.1, 0.15) is 0 Å². The zero-order chi connectivity index (χ0) is 16.3. The summed E-state index contributed by atoms with van der Waals surface area (Å²) in [5.74, 6) is 0. The van der Waals surface area contributed by atoms with Gasteiger partial charge in [0.15, 0.2) is 0 Å². The predicted molar refractivity (Wildman–Crippen MR) is 102 cm³/mol. The zero-order valence-electron chi connectivity index (χ0n) is 13.6. The van der Waals surface area contributed by atoms with Crippen molar-refractivity contribution in [1.82, 2.24) is 0 Å². The van der Waals surface area contributed by atoms with E-state index in [4.69, 9.17) is 0 Å². The van der Waals surface area contributed by atoms with Crippen LogP contribution in [0, 0.1) is 0 Å². The van der Waals surface area contributed by atoms with Crippen molar-refractivity contribution in [3.05, 3.63) is 69.7 Å². The van der Waals surface area contributed by atoms with Gasteiger partial charge in [-0.15, -0.1) is 0 Å². The molecule has 2 rings (SSSR count). The minimum atomic E-state index is -1.02. The third-order valence-corrected chi connectivity index (χ3v) is 8.30. The second kappa shape index (κ2) is 10.8. The number of allylic oxidation sites excluding steroid dienone is 1. The molecule has 0 saturated heterocycles. The Bertz CT molecular complexity index is 623. The van der Waals surface area contributed by atoms with Crippen LogP contribution in [0.4, 0.5) is 0 Å². The van der Waals surface area contributed by atoms with Gasteiger partial charge in [-0.1, -0.05) is 0 Å².